The highest BCUT2D eigenvalue weighted by Gasteiger charge is 2.65. The predicted octanol–water partition coefficient (Wildman–Crippen LogP) is 2.57. The smallest absolute Gasteiger partial charge is 0.243 e. The molecule has 0 spiro atoms. The summed E-state index contributed by atoms with van der Waals surface area (Å²) in [4.78, 5) is 12.4. The average molecular weight is 258 g/mol. The number of amides is 1. The van der Waals surface area contributed by atoms with Gasteiger partial charge in [0.1, 0.15) is 6.04 Å². The number of carbonyl (C=O) groups is 1. The van der Waals surface area contributed by atoms with E-state index < -0.39 is 0 Å². The Bertz CT molecular complexity index is 494. The molecule has 1 atom stereocenters. The van der Waals surface area contributed by atoms with Crippen LogP contribution in [0.4, 0.5) is 5.69 Å². The number of rotatable bonds is 2. The van der Waals surface area contributed by atoms with E-state index in [-0.39, 0.29) is 28.8 Å². The minimum Gasteiger partial charge on any atom is -0.373 e. The lowest BCUT2D eigenvalue weighted by Crippen LogP contribution is -2.41. The zero-order chi connectivity index (χ0) is 13.8. The highest BCUT2D eigenvalue weighted by atomic mass is 16.2. The summed E-state index contributed by atoms with van der Waals surface area (Å²) in [5, 5.41) is 6.52. The van der Waals surface area contributed by atoms with Gasteiger partial charge in [-0.2, -0.15) is 0 Å². The second kappa shape index (κ2) is 3.75. The maximum Gasteiger partial charge on any atom is 0.243 e. The molecular weight excluding hydrogens is 236 g/mol. The van der Waals surface area contributed by atoms with Crippen LogP contribution >= 0.6 is 0 Å². The van der Waals surface area contributed by atoms with Gasteiger partial charge in [-0.25, -0.2) is 0 Å². The normalized spacial score (nSPS) is 26.4. The van der Waals surface area contributed by atoms with Crippen LogP contribution in [0.3, 0.4) is 0 Å². The lowest BCUT2D eigenvalue weighted by Gasteiger charge is -2.13. The Morgan fingerprint density at radius 2 is 1.84 bits per heavy atom. The van der Waals surface area contributed by atoms with Crippen molar-refractivity contribution in [2.75, 3.05) is 5.32 Å². The van der Waals surface area contributed by atoms with E-state index in [0.717, 1.165) is 12.1 Å². The van der Waals surface area contributed by atoms with Crippen molar-refractivity contribution in [1.82, 2.24) is 5.32 Å². The summed E-state index contributed by atoms with van der Waals surface area (Å²) in [5.74, 6) is 0.125. The zero-order valence-corrected chi connectivity index (χ0v) is 12.1. The van der Waals surface area contributed by atoms with Crippen molar-refractivity contribution in [3.8, 4) is 0 Å². The molecule has 0 bridgehead atoms. The number of nitrogens with one attached hydrogen (secondary N) is 2. The third-order valence-corrected chi connectivity index (χ3v) is 5.39. The largest absolute Gasteiger partial charge is 0.373 e. The Hall–Kier alpha value is -1.51. The van der Waals surface area contributed by atoms with Crippen LogP contribution in [0.1, 0.15) is 33.3 Å². The minimum absolute atomic E-state index is 0.121. The molecule has 1 amide bonds. The third kappa shape index (κ3) is 1.75. The van der Waals surface area contributed by atoms with Gasteiger partial charge in [0.05, 0.1) is 0 Å². The standard InChI is InChI=1S/C16H22N2O/c1-15(2)14(16(15,3)4)18-13(19)12-9-10-7-5-6-8-11(10)17-12/h5-8,12,14,17H,9H2,1-4H3,(H,18,19). The van der Waals surface area contributed by atoms with Crippen LogP contribution in [0.5, 0.6) is 0 Å². The molecule has 2 aliphatic rings. The fraction of sp³-hybridized carbons (Fsp3) is 0.562. The molecule has 3 nitrogen and oxygen atoms in total. The van der Waals surface area contributed by atoms with Crippen molar-refractivity contribution >= 4 is 11.6 Å². The van der Waals surface area contributed by atoms with Crippen molar-refractivity contribution in [2.45, 2.75) is 46.2 Å². The summed E-state index contributed by atoms with van der Waals surface area (Å²) in [5.41, 5.74) is 2.70. The third-order valence-electron chi connectivity index (χ3n) is 5.39. The molecule has 1 aliphatic heterocycles. The molecule has 1 heterocycles. The first-order chi connectivity index (χ1) is 8.84. The Kier molecular flexibility index (Phi) is 2.47. The molecule has 1 aliphatic carbocycles. The van der Waals surface area contributed by atoms with Crippen LogP contribution in [0.15, 0.2) is 24.3 Å². The Balaban J connectivity index is 1.66. The molecule has 102 valence electrons. The molecule has 0 aromatic heterocycles. The number of carbonyl (C=O) groups excluding carboxylic acids is 1. The number of fused-ring (bicyclic) bond motifs is 1. The molecule has 1 saturated carbocycles. The zero-order valence-electron chi connectivity index (χ0n) is 12.1. The molecule has 1 unspecified atom stereocenters. The van der Waals surface area contributed by atoms with Gasteiger partial charge in [0.25, 0.3) is 0 Å². The van der Waals surface area contributed by atoms with Crippen molar-refractivity contribution in [1.29, 1.82) is 0 Å². The van der Waals surface area contributed by atoms with Crippen LogP contribution in [0.25, 0.3) is 0 Å². The van der Waals surface area contributed by atoms with Gasteiger partial charge in [0, 0.05) is 18.2 Å². The molecule has 19 heavy (non-hydrogen) atoms. The van der Waals surface area contributed by atoms with Gasteiger partial charge in [0.2, 0.25) is 5.91 Å². The second-order valence-electron chi connectivity index (χ2n) is 6.94. The summed E-state index contributed by atoms with van der Waals surface area (Å²) >= 11 is 0. The first-order valence-electron chi connectivity index (χ1n) is 6.99. The van der Waals surface area contributed by atoms with Gasteiger partial charge < -0.3 is 10.6 Å². The summed E-state index contributed by atoms with van der Waals surface area (Å²) in [6.45, 7) is 8.87. The molecule has 0 radical (unpaired) electrons. The Labute approximate surface area is 114 Å². The van der Waals surface area contributed by atoms with Crippen LogP contribution in [-0.4, -0.2) is 18.0 Å². The predicted molar refractivity (Wildman–Crippen MR) is 77.0 cm³/mol. The van der Waals surface area contributed by atoms with E-state index in [0.29, 0.717) is 0 Å². The first kappa shape index (κ1) is 12.5. The maximum atomic E-state index is 12.4. The minimum atomic E-state index is -0.121. The highest BCUT2D eigenvalue weighted by Crippen LogP contribution is 2.62. The average Bonchev–Trinajstić information content (AvgIpc) is 2.73. The second-order valence-corrected chi connectivity index (χ2v) is 6.94. The number of hydrogen-bond acceptors (Lipinski definition) is 2. The lowest BCUT2D eigenvalue weighted by molar-refractivity contribution is -0.122. The number of para-hydroxylation sites is 1. The van der Waals surface area contributed by atoms with Crippen LogP contribution in [0.2, 0.25) is 0 Å². The molecule has 3 rings (SSSR count). The number of anilines is 1. The number of benzene rings is 1. The molecule has 3 heteroatoms. The molecular formula is C16H22N2O. The van der Waals surface area contributed by atoms with Crippen molar-refractivity contribution < 1.29 is 4.79 Å². The maximum absolute atomic E-state index is 12.4. The van der Waals surface area contributed by atoms with Gasteiger partial charge in [-0.1, -0.05) is 45.9 Å². The van der Waals surface area contributed by atoms with Crippen molar-refractivity contribution in [2.24, 2.45) is 10.8 Å². The molecule has 2 N–H and O–H groups in total. The molecule has 1 aromatic rings. The van der Waals surface area contributed by atoms with E-state index >= 15 is 0 Å². The summed E-state index contributed by atoms with van der Waals surface area (Å²) in [6, 6.07) is 8.30. The summed E-state index contributed by atoms with van der Waals surface area (Å²) in [7, 11) is 0. The van der Waals surface area contributed by atoms with E-state index in [1.807, 2.05) is 18.2 Å². The van der Waals surface area contributed by atoms with E-state index in [9.17, 15) is 4.79 Å². The lowest BCUT2D eigenvalue weighted by atomic mass is 10.0. The molecule has 0 saturated heterocycles. The van der Waals surface area contributed by atoms with Gasteiger partial charge >= 0.3 is 0 Å². The fourth-order valence-electron chi connectivity index (χ4n) is 3.26. The van der Waals surface area contributed by atoms with E-state index in [1.165, 1.54) is 5.56 Å². The first-order valence-corrected chi connectivity index (χ1v) is 6.99. The van der Waals surface area contributed by atoms with Crippen LogP contribution < -0.4 is 10.6 Å². The van der Waals surface area contributed by atoms with Gasteiger partial charge in [0.15, 0.2) is 0 Å². The van der Waals surface area contributed by atoms with E-state index in [2.05, 4.69) is 44.4 Å². The van der Waals surface area contributed by atoms with E-state index in [1.54, 1.807) is 0 Å². The SMILES string of the molecule is CC1(C)C(NC(=O)C2Cc3ccccc3N2)C1(C)C. The monoisotopic (exact) mass is 258 g/mol. The van der Waals surface area contributed by atoms with Crippen molar-refractivity contribution in [3.05, 3.63) is 29.8 Å². The molecule has 1 aromatic carbocycles. The Morgan fingerprint density at radius 3 is 2.42 bits per heavy atom. The van der Waals surface area contributed by atoms with Gasteiger partial charge in [-0.15, -0.1) is 0 Å². The van der Waals surface area contributed by atoms with Gasteiger partial charge in [-0.05, 0) is 22.5 Å². The quantitative estimate of drug-likeness (QED) is 0.856. The van der Waals surface area contributed by atoms with Crippen molar-refractivity contribution in [3.63, 3.8) is 0 Å². The highest BCUT2D eigenvalue weighted by molar-refractivity contribution is 5.88. The summed E-state index contributed by atoms with van der Waals surface area (Å²) in [6.07, 6.45) is 0.787. The molecule has 1 fully saturated rings. The summed E-state index contributed by atoms with van der Waals surface area (Å²) < 4.78 is 0. The van der Waals surface area contributed by atoms with Gasteiger partial charge in [-0.3, -0.25) is 4.79 Å². The fourth-order valence-corrected chi connectivity index (χ4v) is 3.26. The number of hydrogen-bond donors (Lipinski definition) is 2. The Morgan fingerprint density at radius 1 is 1.21 bits per heavy atom. The van der Waals surface area contributed by atoms with Crippen LogP contribution in [0, 0.1) is 10.8 Å². The topological polar surface area (TPSA) is 41.1 Å². The van der Waals surface area contributed by atoms with E-state index in [4.69, 9.17) is 0 Å². The van der Waals surface area contributed by atoms with Crippen LogP contribution in [-0.2, 0) is 11.2 Å².